The Kier molecular flexibility index (Phi) is 3.96. The molecular weight excluding hydrogens is 366 g/mol. The van der Waals surface area contributed by atoms with Crippen molar-refractivity contribution < 1.29 is 5.11 Å². The summed E-state index contributed by atoms with van der Waals surface area (Å²) >= 11 is 0. The van der Waals surface area contributed by atoms with Gasteiger partial charge in [0.15, 0.2) is 23.1 Å². The van der Waals surface area contributed by atoms with Crippen molar-refractivity contribution >= 4 is 16.9 Å². The molecule has 0 radical (unpaired) electrons. The molecule has 1 aliphatic rings. The number of aryl methyl sites for hydroxylation is 1. The Labute approximate surface area is 166 Å². The molecule has 29 heavy (non-hydrogen) atoms. The van der Waals surface area contributed by atoms with E-state index in [1.807, 2.05) is 35.0 Å². The standard InChI is InChI=1S/C21H17N7O/c22-18-17-16(25-13-26-18)12-24-19(27-17)15-4-1-3-14(11-15)5-7-21(29)6-2-9-28-10-8-23-20(21)28/h1,3-4,8,10-13,29H,2,6,9H2,(H2,22,25,26)/t21-/m1/s1. The number of nitrogen functional groups attached to an aromatic ring is 1. The third-order valence-corrected chi connectivity index (χ3v) is 4.96. The van der Waals surface area contributed by atoms with Gasteiger partial charge < -0.3 is 15.4 Å². The van der Waals surface area contributed by atoms with E-state index in [0.29, 0.717) is 34.9 Å². The summed E-state index contributed by atoms with van der Waals surface area (Å²) in [5.41, 5.74) is 7.30. The van der Waals surface area contributed by atoms with Gasteiger partial charge in [-0.2, -0.15) is 0 Å². The molecule has 8 nitrogen and oxygen atoms in total. The summed E-state index contributed by atoms with van der Waals surface area (Å²) in [4.78, 5) is 21.3. The molecule has 0 spiro atoms. The van der Waals surface area contributed by atoms with Gasteiger partial charge in [0.25, 0.3) is 0 Å². The topological polar surface area (TPSA) is 116 Å². The maximum absolute atomic E-state index is 11.0. The van der Waals surface area contributed by atoms with Crippen molar-refractivity contribution in [2.24, 2.45) is 0 Å². The first kappa shape index (κ1) is 17.3. The number of imidazole rings is 1. The van der Waals surface area contributed by atoms with Gasteiger partial charge in [-0.3, -0.25) is 0 Å². The molecule has 0 fully saturated rings. The lowest BCUT2D eigenvalue weighted by Crippen LogP contribution is -2.32. The molecular formula is C21H17N7O. The van der Waals surface area contributed by atoms with Crippen LogP contribution in [0.5, 0.6) is 0 Å². The van der Waals surface area contributed by atoms with E-state index in [2.05, 4.69) is 36.8 Å². The molecule has 1 aliphatic heterocycles. The third-order valence-electron chi connectivity index (χ3n) is 4.96. The minimum absolute atomic E-state index is 0.310. The number of hydrogen-bond acceptors (Lipinski definition) is 7. The van der Waals surface area contributed by atoms with Gasteiger partial charge in [-0.25, -0.2) is 24.9 Å². The van der Waals surface area contributed by atoms with E-state index < -0.39 is 5.60 Å². The molecule has 0 saturated carbocycles. The lowest BCUT2D eigenvalue weighted by molar-refractivity contribution is 0.0601. The second-order valence-corrected chi connectivity index (χ2v) is 6.93. The molecule has 4 heterocycles. The van der Waals surface area contributed by atoms with Crippen LogP contribution in [-0.2, 0) is 12.1 Å². The predicted octanol–water partition coefficient (Wildman–Crippen LogP) is 1.90. The molecule has 1 aromatic carbocycles. The van der Waals surface area contributed by atoms with Crippen LogP contribution < -0.4 is 5.73 Å². The summed E-state index contributed by atoms with van der Waals surface area (Å²) in [6.45, 7) is 0.848. The molecule has 5 rings (SSSR count). The Hall–Kier alpha value is -3.83. The van der Waals surface area contributed by atoms with Crippen LogP contribution in [-0.4, -0.2) is 34.6 Å². The number of hydrogen-bond donors (Lipinski definition) is 2. The summed E-state index contributed by atoms with van der Waals surface area (Å²) in [6.07, 6.45) is 7.98. The minimum atomic E-state index is -1.25. The Morgan fingerprint density at radius 3 is 3.03 bits per heavy atom. The fourth-order valence-electron chi connectivity index (χ4n) is 3.51. The predicted molar refractivity (Wildman–Crippen MR) is 107 cm³/mol. The first-order chi connectivity index (χ1) is 14.1. The molecule has 3 N–H and O–H groups in total. The number of aliphatic hydroxyl groups is 1. The Balaban J connectivity index is 1.51. The molecule has 4 aromatic rings. The summed E-state index contributed by atoms with van der Waals surface area (Å²) in [7, 11) is 0. The highest BCUT2D eigenvalue weighted by atomic mass is 16.3. The summed E-state index contributed by atoms with van der Waals surface area (Å²) in [6, 6.07) is 7.54. The van der Waals surface area contributed by atoms with Crippen molar-refractivity contribution in [1.82, 2.24) is 29.5 Å². The second-order valence-electron chi connectivity index (χ2n) is 6.93. The largest absolute Gasteiger partial charge is 0.382 e. The highest BCUT2D eigenvalue weighted by molar-refractivity contribution is 5.84. The van der Waals surface area contributed by atoms with Crippen LogP contribution in [0.2, 0.25) is 0 Å². The van der Waals surface area contributed by atoms with Crippen LogP contribution in [0.4, 0.5) is 5.82 Å². The summed E-state index contributed by atoms with van der Waals surface area (Å²) in [5.74, 6) is 7.52. The molecule has 1 atom stereocenters. The van der Waals surface area contributed by atoms with Gasteiger partial charge in [0.1, 0.15) is 17.4 Å². The van der Waals surface area contributed by atoms with E-state index in [9.17, 15) is 5.11 Å². The number of nitrogens with zero attached hydrogens (tertiary/aromatic N) is 6. The van der Waals surface area contributed by atoms with Crippen LogP contribution >= 0.6 is 0 Å². The van der Waals surface area contributed by atoms with Gasteiger partial charge in [0.05, 0.1) is 6.20 Å². The van der Waals surface area contributed by atoms with Gasteiger partial charge in [-0.05, 0) is 25.0 Å². The van der Waals surface area contributed by atoms with Crippen molar-refractivity contribution in [2.45, 2.75) is 25.0 Å². The van der Waals surface area contributed by atoms with E-state index in [1.165, 1.54) is 6.33 Å². The molecule has 0 aliphatic carbocycles. The smallest absolute Gasteiger partial charge is 0.184 e. The molecule has 0 amide bonds. The quantitative estimate of drug-likeness (QED) is 0.482. The maximum Gasteiger partial charge on any atom is 0.184 e. The summed E-state index contributed by atoms with van der Waals surface area (Å²) < 4.78 is 1.95. The van der Waals surface area contributed by atoms with Crippen LogP contribution in [0.3, 0.4) is 0 Å². The summed E-state index contributed by atoms with van der Waals surface area (Å²) in [5, 5.41) is 11.0. The van der Waals surface area contributed by atoms with Gasteiger partial charge in [-0.15, -0.1) is 0 Å². The number of nitrogens with two attached hydrogens (primary N) is 1. The van der Waals surface area contributed by atoms with Crippen molar-refractivity contribution in [3.63, 3.8) is 0 Å². The number of aromatic nitrogens is 6. The molecule has 3 aromatic heterocycles. The van der Waals surface area contributed by atoms with Crippen molar-refractivity contribution in [3.8, 4) is 23.2 Å². The van der Waals surface area contributed by atoms with E-state index >= 15 is 0 Å². The van der Waals surface area contributed by atoms with E-state index in [-0.39, 0.29) is 0 Å². The van der Waals surface area contributed by atoms with Crippen LogP contribution in [0, 0.1) is 11.8 Å². The molecule has 0 saturated heterocycles. The SMILES string of the molecule is Nc1ncnc2cnc(-c3cccc(C#C[C@]4(O)CCCn5ccnc54)c3)nc12. The van der Waals surface area contributed by atoms with Crippen LogP contribution in [0.1, 0.15) is 24.2 Å². The Morgan fingerprint density at radius 2 is 2.10 bits per heavy atom. The Morgan fingerprint density at radius 1 is 1.17 bits per heavy atom. The average molecular weight is 383 g/mol. The van der Waals surface area contributed by atoms with Gasteiger partial charge in [0, 0.05) is 30.1 Å². The van der Waals surface area contributed by atoms with E-state index in [4.69, 9.17) is 5.73 Å². The monoisotopic (exact) mass is 383 g/mol. The Bertz CT molecular complexity index is 1290. The van der Waals surface area contributed by atoms with Crippen LogP contribution in [0.25, 0.3) is 22.4 Å². The molecule has 142 valence electrons. The fraction of sp³-hybridized carbons (Fsp3) is 0.190. The van der Waals surface area contributed by atoms with Crippen molar-refractivity contribution in [1.29, 1.82) is 0 Å². The average Bonchev–Trinajstić information content (AvgIpc) is 3.24. The van der Waals surface area contributed by atoms with Crippen molar-refractivity contribution in [3.05, 3.63) is 60.6 Å². The van der Waals surface area contributed by atoms with Gasteiger partial charge >= 0.3 is 0 Å². The fourth-order valence-corrected chi connectivity index (χ4v) is 3.51. The zero-order chi connectivity index (χ0) is 19.8. The minimum Gasteiger partial charge on any atom is -0.382 e. The molecule has 8 heteroatoms. The molecule has 0 unspecified atom stereocenters. The second kappa shape index (κ2) is 6.65. The highest BCUT2D eigenvalue weighted by Gasteiger charge is 2.34. The van der Waals surface area contributed by atoms with Crippen molar-refractivity contribution in [2.75, 3.05) is 5.73 Å². The molecule has 0 bridgehead atoms. The first-order valence-electron chi connectivity index (χ1n) is 9.23. The first-order valence-corrected chi connectivity index (χ1v) is 9.23. The third kappa shape index (κ3) is 3.07. The maximum atomic E-state index is 11.0. The number of rotatable bonds is 1. The van der Waals surface area contributed by atoms with Crippen LogP contribution in [0.15, 0.2) is 49.2 Å². The number of fused-ring (bicyclic) bond motifs is 2. The van der Waals surface area contributed by atoms with E-state index in [1.54, 1.807) is 12.4 Å². The van der Waals surface area contributed by atoms with Gasteiger partial charge in [-0.1, -0.05) is 24.0 Å². The highest BCUT2D eigenvalue weighted by Crippen LogP contribution is 2.29. The lowest BCUT2D eigenvalue weighted by Gasteiger charge is -2.27. The zero-order valence-corrected chi connectivity index (χ0v) is 15.4. The van der Waals surface area contributed by atoms with Gasteiger partial charge in [0.2, 0.25) is 0 Å². The van der Waals surface area contributed by atoms with E-state index in [0.717, 1.165) is 24.1 Å². The number of anilines is 1. The lowest BCUT2D eigenvalue weighted by atomic mass is 9.93. The zero-order valence-electron chi connectivity index (χ0n) is 15.4. The number of benzene rings is 1. The normalized spacial score (nSPS) is 18.1.